The minimum absolute atomic E-state index is 0.444. The van der Waals surface area contributed by atoms with Crippen LogP contribution in [-0.2, 0) is 0 Å². The molecule has 0 atom stereocenters. The Morgan fingerprint density at radius 1 is 0.783 bits per heavy atom. The highest BCUT2D eigenvalue weighted by Gasteiger charge is 2.10. The summed E-state index contributed by atoms with van der Waals surface area (Å²) in [5.74, 6) is 0.910. The van der Waals surface area contributed by atoms with Gasteiger partial charge in [-0.1, -0.05) is 5.21 Å². The van der Waals surface area contributed by atoms with Crippen LogP contribution in [0.1, 0.15) is 0 Å². The number of pyridine rings is 1. The number of aromatic nitrogens is 8. The molecular weight excluding hydrogens is 292 g/mol. The van der Waals surface area contributed by atoms with E-state index in [2.05, 4.69) is 35.2 Å². The molecular formula is C15H10N8. The molecule has 0 aliphatic heterocycles. The van der Waals surface area contributed by atoms with E-state index in [9.17, 15) is 0 Å². The molecule has 0 aromatic carbocycles. The van der Waals surface area contributed by atoms with E-state index in [4.69, 9.17) is 0 Å². The average molecular weight is 302 g/mol. The fourth-order valence-electron chi connectivity index (χ4n) is 2.02. The molecule has 0 bridgehead atoms. The van der Waals surface area contributed by atoms with Gasteiger partial charge in [0, 0.05) is 24.8 Å². The Morgan fingerprint density at radius 2 is 1.65 bits per heavy atom. The fraction of sp³-hybridized carbons (Fsp3) is 0. The third kappa shape index (κ3) is 2.64. The SMILES string of the molecule is c1cnc(-c2nccc(-c3cn(-c4cccnc4)nn3)n2)nc1. The smallest absolute Gasteiger partial charge is 0.198 e. The zero-order valence-electron chi connectivity index (χ0n) is 11.9. The van der Waals surface area contributed by atoms with Gasteiger partial charge in [0.05, 0.1) is 23.8 Å². The third-order valence-corrected chi connectivity index (χ3v) is 3.09. The van der Waals surface area contributed by atoms with Crippen molar-refractivity contribution in [3.63, 3.8) is 0 Å². The summed E-state index contributed by atoms with van der Waals surface area (Å²) >= 11 is 0. The van der Waals surface area contributed by atoms with E-state index in [0.29, 0.717) is 23.0 Å². The quantitative estimate of drug-likeness (QED) is 0.567. The van der Waals surface area contributed by atoms with Crippen molar-refractivity contribution in [1.82, 2.24) is 39.9 Å². The number of rotatable bonds is 3. The van der Waals surface area contributed by atoms with E-state index >= 15 is 0 Å². The highest BCUT2D eigenvalue weighted by atomic mass is 15.4. The van der Waals surface area contributed by atoms with Crippen LogP contribution in [0.2, 0.25) is 0 Å². The van der Waals surface area contributed by atoms with Crippen molar-refractivity contribution < 1.29 is 0 Å². The van der Waals surface area contributed by atoms with Crippen molar-refractivity contribution in [2.75, 3.05) is 0 Å². The highest BCUT2D eigenvalue weighted by Crippen LogP contribution is 2.17. The lowest BCUT2D eigenvalue weighted by molar-refractivity contribution is 0.800. The van der Waals surface area contributed by atoms with Crippen molar-refractivity contribution in [3.8, 4) is 28.7 Å². The summed E-state index contributed by atoms with van der Waals surface area (Å²) in [7, 11) is 0. The Hall–Kier alpha value is -3.55. The Labute approximate surface area is 130 Å². The first-order valence-corrected chi connectivity index (χ1v) is 6.84. The number of nitrogens with zero attached hydrogens (tertiary/aromatic N) is 8. The van der Waals surface area contributed by atoms with Gasteiger partial charge in [0.15, 0.2) is 11.6 Å². The first kappa shape index (κ1) is 13.1. The molecule has 4 heterocycles. The molecule has 0 saturated carbocycles. The number of hydrogen-bond acceptors (Lipinski definition) is 7. The van der Waals surface area contributed by atoms with Gasteiger partial charge < -0.3 is 0 Å². The summed E-state index contributed by atoms with van der Waals surface area (Å²) in [4.78, 5) is 21.0. The third-order valence-electron chi connectivity index (χ3n) is 3.09. The van der Waals surface area contributed by atoms with E-state index < -0.39 is 0 Å². The normalized spacial score (nSPS) is 10.6. The Balaban J connectivity index is 1.71. The van der Waals surface area contributed by atoms with Gasteiger partial charge in [-0.2, -0.15) is 0 Å². The van der Waals surface area contributed by atoms with E-state index in [-0.39, 0.29) is 0 Å². The van der Waals surface area contributed by atoms with Gasteiger partial charge in [-0.3, -0.25) is 4.98 Å². The van der Waals surface area contributed by atoms with Crippen LogP contribution in [0.25, 0.3) is 28.7 Å². The largest absolute Gasteiger partial charge is 0.262 e. The van der Waals surface area contributed by atoms with Crippen LogP contribution in [-0.4, -0.2) is 39.9 Å². The van der Waals surface area contributed by atoms with Gasteiger partial charge in [0.2, 0.25) is 0 Å². The molecule has 8 heteroatoms. The molecule has 0 N–H and O–H groups in total. The molecule has 0 aliphatic carbocycles. The van der Waals surface area contributed by atoms with Gasteiger partial charge in [0.1, 0.15) is 5.69 Å². The minimum Gasteiger partial charge on any atom is -0.262 e. The van der Waals surface area contributed by atoms with Crippen LogP contribution < -0.4 is 0 Å². The molecule has 0 radical (unpaired) electrons. The summed E-state index contributed by atoms with van der Waals surface area (Å²) in [6, 6.07) is 7.25. The second-order valence-corrected chi connectivity index (χ2v) is 4.60. The summed E-state index contributed by atoms with van der Waals surface area (Å²) in [6.45, 7) is 0. The fourth-order valence-corrected chi connectivity index (χ4v) is 2.02. The molecule has 0 aliphatic rings. The maximum Gasteiger partial charge on any atom is 0.198 e. The first-order chi connectivity index (χ1) is 11.4. The molecule has 0 spiro atoms. The van der Waals surface area contributed by atoms with Crippen molar-refractivity contribution in [1.29, 1.82) is 0 Å². The van der Waals surface area contributed by atoms with Gasteiger partial charge >= 0.3 is 0 Å². The van der Waals surface area contributed by atoms with Crippen LogP contribution in [0.5, 0.6) is 0 Å². The molecule has 4 rings (SSSR count). The molecule has 4 aromatic rings. The van der Waals surface area contributed by atoms with Crippen LogP contribution in [0.3, 0.4) is 0 Å². The maximum atomic E-state index is 4.45. The van der Waals surface area contributed by atoms with E-state index in [1.807, 2.05) is 12.1 Å². The minimum atomic E-state index is 0.444. The van der Waals surface area contributed by atoms with Gasteiger partial charge in [-0.05, 0) is 24.3 Å². The molecule has 4 aromatic heterocycles. The summed E-state index contributed by atoms with van der Waals surface area (Å²) < 4.78 is 1.64. The zero-order valence-corrected chi connectivity index (χ0v) is 11.9. The van der Waals surface area contributed by atoms with Crippen LogP contribution >= 0.6 is 0 Å². The van der Waals surface area contributed by atoms with E-state index in [1.165, 1.54) is 0 Å². The first-order valence-electron chi connectivity index (χ1n) is 6.84. The molecule has 0 amide bonds. The molecule has 0 saturated heterocycles. The lowest BCUT2D eigenvalue weighted by atomic mass is 10.3. The van der Waals surface area contributed by atoms with Crippen molar-refractivity contribution >= 4 is 0 Å². The summed E-state index contributed by atoms with van der Waals surface area (Å²) in [6.07, 6.45) is 10.2. The van der Waals surface area contributed by atoms with Gasteiger partial charge in [-0.25, -0.2) is 24.6 Å². The number of hydrogen-bond donors (Lipinski definition) is 0. The Kier molecular flexibility index (Phi) is 3.24. The standard InChI is InChI=1S/C15H10N8/c1-3-11(9-16-5-1)23-10-13(21-22-23)12-4-8-19-15(20-12)14-17-6-2-7-18-14/h1-10H. The molecule has 23 heavy (non-hydrogen) atoms. The van der Waals surface area contributed by atoms with Crippen molar-refractivity contribution in [2.45, 2.75) is 0 Å². The predicted molar refractivity (Wildman–Crippen MR) is 81.2 cm³/mol. The monoisotopic (exact) mass is 302 g/mol. The second kappa shape index (κ2) is 5.68. The molecule has 110 valence electrons. The van der Waals surface area contributed by atoms with Crippen molar-refractivity contribution in [2.24, 2.45) is 0 Å². The van der Waals surface area contributed by atoms with Crippen LogP contribution in [0.4, 0.5) is 0 Å². The van der Waals surface area contributed by atoms with Gasteiger partial charge in [0.25, 0.3) is 0 Å². The predicted octanol–water partition coefficient (Wildman–Crippen LogP) is 1.58. The van der Waals surface area contributed by atoms with Gasteiger partial charge in [-0.15, -0.1) is 5.10 Å². The molecule has 0 unspecified atom stereocenters. The zero-order chi connectivity index (χ0) is 15.5. The maximum absolute atomic E-state index is 4.45. The van der Waals surface area contributed by atoms with E-state index in [1.54, 1.807) is 54.0 Å². The molecule has 8 nitrogen and oxygen atoms in total. The van der Waals surface area contributed by atoms with E-state index in [0.717, 1.165) is 5.69 Å². The van der Waals surface area contributed by atoms with Crippen LogP contribution in [0.15, 0.2) is 61.4 Å². The highest BCUT2D eigenvalue weighted by molar-refractivity contribution is 5.56. The second-order valence-electron chi connectivity index (χ2n) is 4.60. The van der Waals surface area contributed by atoms with Crippen LogP contribution in [0, 0.1) is 0 Å². The topological polar surface area (TPSA) is 95.2 Å². The average Bonchev–Trinajstić information content (AvgIpc) is 3.14. The lowest BCUT2D eigenvalue weighted by Gasteiger charge is -1.99. The lowest BCUT2D eigenvalue weighted by Crippen LogP contribution is -1.95. The summed E-state index contributed by atoms with van der Waals surface area (Å²) in [5.41, 5.74) is 2.11. The summed E-state index contributed by atoms with van der Waals surface area (Å²) in [5, 5.41) is 8.25. The molecule has 0 fully saturated rings. The Bertz CT molecular complexity index is 920. The Morgan fingerprint density at radius 3 is 2.48 bits per heavy atom. The van der Waals surface area contributed by atoms with Crippen molar-refractivity contribution in [3.05, 3.63) is 61.4 Å².